The van der Waals surface area contributed by atoms with E-state index in [1.165, 1.54) is 34.9 Å². The van der Waals surface area contributed by atoms with Crippen LogP contribution in [0.5, 0.6) is 0 Å². The van der Waals surface area contributed by atoms with E-state index in [2.05, 4.69) is 60.6 Å². The zero-order valence-corrected chi connectivity index (χ0v) is 21.3. The molecule has 0 unspecified atom stereocenters. The number of hydrogen-bond acceptors (Lipinski definition) is 5. The van der Waals surface area contributed by atoms with Gasteiger partial charge in [-0.15, -0.1) is 0 Å². The van der Waals surface area contributed by atoms with Gasteiger partial charge in [0.05, 0.1) is 6.61 Å². The molecule has 184 valence electrons. The largest absolute Gasteiger partial charge is 0.390 e. The molecule has 1 aliphatic rings. The van der Waals surface area contributed by atoms with Gasteiger partial charge in [-0.1, -0.05) is 48.7 Å². The van der Waals surface area contributed by atoms with E-state index in [-0.39, 0.29) is 5.92 Å². The third kappa shape index (κ3) is 7.41. The second kappa shape index (κ2) is 13.6. The third-order valence-corrected chi connectivity index (χ3v) is 6.65. The van der Waals surface area contributed by atoms with E-state index in [4.69, 9.17) is 27.5 Å². The third-order valence-electron chi connectivity index (χ3n) is 6.43. The van der Waals surface area contributed by atoms with E-state index in [0.717, 1.165) is 61.7 Å². The highest BCUT2D eigenvalue weighted by Crippen LogP contribution is 2.37. The molecule has 34 heavy (non-hydrogen) atoms. The Labute approximate surface area is 209 Å². The van der Waals surface area contributed by atoms with Crippen molar-refractivity contribution in [3.05, 3.63) is 75.4 Å². The average Bonchev–Trinajstić information content (AvgIpc) is 2.83. The van der Waals surface area contributed by atoms with Crippen molar-refractivity contribution in [1.29, 1.82) is 5.41 Å². The number of likely N-dealkylation sites (N-methyl/N-ethyl adjacent to an activating group) is 1. The van der Waals surface area contributed by atoms with Gasteiger partial charge in [0.2, 0.25) is 0 Å². The molecule has 1 atom stereocenters. The van der Waals surface area contributed by atoms with E-state index in [0.29, 0.717) is 13.2 Å². The Morgan fingerprint density at radius 2 is 2.03 bits per heavy atom. The van der Waals surface area contributed by atoms with Gasteiger partial charge in [0.15, 0.2) is 0 Å². The summed E-state index contributed by atoms with van der Waals surface area (Å²) in [6.07, 6.45) is 7.92. The van der Waals surface area contributed by atoms with Crippen molar-refractivity contribution >= 4 is 23.4 Å². The first kappa shape index (κ1) is 26.4. The quantitative estimate of drug-likeness (QED) is 0.266. The zero-order valence-electron chi connectivity index (χ0n) is 20.6. The van der Waals surface area contributed by atoms with Gasteiger partial charge in [0.1, 0.15) is 0 Å². The topological polar surface area (TPSA) is 74.4 Å². The van der Waals surface area contributed by atoms with Gasteiger partial charge in [-0.3, -0.25) is 0 Å². The van der Waals surface area contributed by atoms with E-state index >= 15 is 0 Å². The predicted molar refractivity (Wildman–Crippen MR) is 144 cm³/mol. The van der Waals surface area contributed by atoms with Crippen LogP contribution in [0.3, 0.4) is 0 Å². The maximum absolute atomic E-state index is 7.96. The monoisotopic (exact) mass is 482 g/mol. The van der Waals surface area contributed by atoms with Crippen LogP contribution < -0.4 is 11.1 Å². The number of benzene rings is 2. The number of aryl methyl sites for hydroxylation is 1. The molecule has 1 heterocycles. The molecule has 0 spiro atoms. The maximum atomic E-state index is 7.96. The minimum atomic E-state index is 0.264. The fourth-order valence-corrected chi connectivity index (χ4v) is 4.93. The SMILES string of the molecule is Cc1cc(Cl)cc2c1CN(C)C[C@H]2c1cccc(/C(C=N)=C/NCCCCCCOCCN)c1. The Morgan fingerprint density at radius 1 is 1.21 bits per heavy atom. The van der Waals surface area contributed by atoms with Crippen LogP contribution in [-0.4, -0.2) is 51.0 Å². The molecule has 0 fully saturated rings. The summed E-state index contributed by atoms with van der Waals surface area (Å²) in [5, 5.41) is 12.2. The normalized spacial score (nSPS) is 16.4. The van der Waals surface area contributed by atoms with Gasteiger partial charge < -0.3 is 26.1 Å². The number of rotatable bonds is 13. The van der Waals surface area contributed by atoms with Crippen LogP contribution in [0, 0.1) is 12.3 Å². The van der Waals surface area contributed by atoms with Crippen molar-refractivity contribution < 1.29 is 4.74 Å². The van der Waals surface area contributed by atoms with Crippen LogP contribution >= 0.6 is 11.6 Å². The highest BCUT2D eigenvalue weighted by molar-refractivity contribution is 6.30. The van der Waals surface area contributed by atoms with Crippen LogP contribution in [0.1, 0.15) is 59.4 Å². The Hall–Kier alpha value is -2.18. The van der Waals surface area contributed by atoms with Crippen LogP contribution in [0.25, 0.3) is 5.57 Å². The fraction of sp³-hybridized carbons (Fsp3) is 0.464. The molecule has 6 heteroatoms. The van der Waals surface area contributed by atoms with Gasteiger partial charge in [-0.25, -0.2) is 0 Å². The Bertz CT molecular complexity index is 975. The predicted octanol–water partition coefficient (Wildman–Crippen LogP) is 5.34. The number of nitrogens with one attached hydrogen (secondary N) is 2. The minimum Gasteiger partial charge on any atom is -0.390 e. The summed E-state index contributed by atoms with van der Waals surface area (Å²) < 4.78 is 5.41. The number of allylic oxidation sites excluding steroid dienone is 1. The number of nitrogens with zero attached hydrogens (tertiary/aromatic N) is 1. The van der Waals surface area contributed by atoms with Gasteiger partial charge in [0.25, 0.3) is 0 Å². The molecule has 5 nitrogen and oxygen atoms in total. The summed E-state index contributed by atoms with van der Waals surface area (Å²) >= 11 is 6.43. The van der Waals surface area contributed by atoms with Gasteiger partial charge in [-0.2, -0.15) is 0 Å². The standard InChI is InChI=1S/C28H39ClN4O/c1-21-14-25(29)16-26-27(21)19-33(2)20-28(26)23-9-7-8-22(15-23)24(17-31)18-32-11-5-3-4-6-12-34-13-10-30/h7-9,14-18,28,31-32H,3-6,10-13,19-20,30H2,1-2H3/b24-18+,31-17?/t28-/m0/s1. The molecular weight excluding hydrogens is 444 g/mol. The second-order valence-corrected chi connectivity index (χ2v) is 9.62. The number of ether oxygens (including phenoxy) is 1. The van der Waals surface area contributed by atoms with Crippen molar-refractivity contribution in [2.45, 2.75) is 45.1 Å². The van der Waals surface area contributed by atoms with Gasteiger partial charge in [-0.05, 0) is 66.8 Å². The molecule has 0 aromatic heterocycles. The molecule has 2 aromatic carbocycles. The first-order valence-corrected chi connectivity index (χ1v) is 12.7. The number of halogens is 1. The van der Waals surface area contributed by atoms with E-state index in [1.54, 1.807) is 0 Å². The fourth-order valence-electron chi connectivity index (χ4n) is 4.65. The van der Waals surface area contributed by atoms with Crippen molar-refractivity contribution in [3.63, 3.8) is 0 Å². The lowest BCUT2D eigenvalue weighted by Gasteiger charge is -2.34. The first-order valence-electron chi connectivity index (χ1n) is 12.3. The molecule has 0 saturated carbocycles. The highest BCUT2D eigenvalue weighted by atomic mass is 35.5. The number of nitrogens with two attached hydrogens (primary N) is 1. The molecular formula is C28H39ClN4O. The minimum absolute atomic E-state index is 0.264. The van der Waals surface area contributed by atoms with Crippen molar-refractivity contribution in [2.24, 2.45) is 5.73 Å². The zero-order chi connectivity index (χ0) is 24.3. The Balaban J connectivity index is 1.63. The molecule has 0 radical (unpaired) electrons. The lowest BCUT2D eigenvalue weighted by molar-refractivity contribution is 0.137. The summed E-state index contributed by atoms with van der Waals surface area (Å²) in [6, 6.07) is 12.8. The van der Waals surface area contributed by atoms with Crippen molar-refractivity contribution in [1.82, 2.24) is 10.2 Å². The molecule has 0 bridgehead atoms. The smallest absolute Gasteiger partial charge is 0.0588 e. The van der Waals surface area contributed by atoms with Crippen LogP contribution in [-0.2, 0) is 11.3 Å². The van der Waals surface area contributed by atoms with Crippen LogP contribution in [0.4, 0.5) is 0 Å². The van der Waals surface area contributed by atoms with Crippen LogP contribution in [0.15, 0.2) is 42.6 Å². The Kier molecular flexibility index (Phi) is 10.6. The van der Waals surface area contributed by atoms with Gasteiger partial charge >= 0.3 is 0 Å². The Morgan fingerprint density at radius 3 is 2.82 bits per heavy atom. The molecule has 0 saturated heterocycles. The van der Waals surface area contributed by atoms with E-state index in [9.17, 15) is 0 Å². The maximum Gasteiger partial charge on any atom is 0.0588 e. The van der Waals surface area contributed by atoms with E-state index < -0.39 is 0 Å². The number of unbranched alkanes of at least 4 members (excludes halogenated alkanes) is 3. The molecule has 3 rings (SSSR count). The second-order valence-electron chi connectivity index (χ2n) is 9.18. The van der Waals surface area contributed by atoms with Gasteiger partial charge in [0, 0.05) is 61.7 Å². The summed E-state index contributed by atoms with van der Waals surface area (Å²) in [7, 11) is 2.17. The van der Waals surface area contributed by atoms with E-state index in [1.807, 2.05) is 6.20 Å². The average molecular weight is 483 g/mol. The summed E-state index contributed by atoms with van der Waals surface area (Å²) in [6.45, 7) is 6.99. The van der Waals surface area contributed by atoms with Crippen molar-refractivity contribution in [3.8, 4) is 0 Å². The van der Waals surface area contributed by atoms with Crippen LogP contribution in [0.2, 0.25) is 5.02 Å². The lowest BCUT2D eigenvalue weighted by atomic mass is 9.82. The number of hydrogen-bond donors (Lipinski definition) is 3. The van der Waals surface area contributed by atoms with Crippen molar-refractivity contribution in [2.75, 3.05) is 39.9 Å². The molecule has 4 N–H and O–H groups in total. The summed E-state index contributed by atoms with van der Waals surface area (Å²) in [4.78, 5) is 2.37. The summed E-state index contributed by atoms with van der Waals surface area (Å²) in [5.74, 6) is 0.264. The first-order chi connectivity index (χ1) is 16.5. The molecule has 0 aliphatic carbocycles. The highest BCUT2D eigenvalue weighted by Gasteiger charge is 2.26. The molecule has 0 amide bonds. The lowest BCUT2D eigenvalue weighted by Crippen LogP contribution is -2.31. The molecule has 2 aromatic rings. The molecule has 1 aliphatic heterocycles. The number of fused-ring (bicyclic) bond motifs is 1. The summed E-state index contributed by atoms with van der Waals surface area (Å²) in [5.41, 5.74) is 12.6.